The first-order valence-electron chi connectivity index (χ1n) is 7.35. The highest BCUT2D eigenvalue weighted by Crippen LogP contribution is 2.09. The summed E-state index contributed by atoms with van der Waals surface area (Å²) in [7, 11) is 0. The van der Waals surface area contributed by atoms with Crippen LogP contribution in [0.15, 0.2) is 78.0 Å². The van der Waals surface area contributed by atoms with Gasteiger partial charge in [0.05, 0.1) is 35.2 Å². The van der Waals surface area contributed by atoms with Gasteiger partial charge in [-0.2, -0.15) is 5.10 Å². The van der Waals surface area contributed by atoms with E-state index in [2.05, 4.69) is 10.1 Å². The van der Waals surface area contributed by atoms with Crippen molar-refractivity contribution in [2.75, 3.05) is 0 Å². The molecule has 0 aliphatic rings. The predicted molar refractivity (Wildman–Crippen MR) is 88.7 cm³/mol. The summed E-state index contributed by atoms with van der Waals surface area (Å²) in [4.78, 5) is 16.8. The van der Waals surface area contributed by atoms with Crippen LogP contribution < -0.4 is 5.56 Å². The fraction of sp³-hybridized carbons (Fsp3) is 0.0556. The van der Waals surface area contributed by atoms with Crippen LogP contribution in [0.5, 0.6) is 0 Å². The molecule has 23 heavy (non-hydrogen) atoms. The monoisotopic (exact) mass is 302 g/mol. The van der Waals surface area contributed by atoms with Crippen LogP contribution in [0.25, 0.3) is 16.6 Å². The van der Waals surface area contributed by atoms with Crippen molar-refractivity contribution in [3.05, 3.63) is 89.2 Å². The zero-order valence-corrected chi connectivity index (χ0v) is 12.3. The fourth-order valence-corrected chi connectivity index (χ4v) is 2.56. The Bertz CT molecular complexity index is 1020. The molecule has 112 valence electrons. The largest absolute Gasteiger partial charge is 0.293 e. The Morgan fingerprint density at radius 2 is 1.70 bits per heavy atom. The van der Waals surface area contributed by atoms with Crippen LogP contribution in [-0.2, 0) is 6.54 Å². The molecule has 2 aromatic heterocycles. The first-order chi connectivity index (χ1) is 11.3. The zero-order valence-electron chi connectivity index (χ0n) is 12.3. The Kier molecular flexibility index (Phi) is 3.24. The third-order valence-corrected chi connectivity index (χ3v) is 3.73. The first-order valence-corrected chi connectivity index (χ1v) is 7.35. The molecule has 0 atom stereocenters. The smallest absolute Gasteiger partial charge is 0.261 e. The molecule has 0 radical (unpaired) electrons. The number of para-hydroxylation sites is 2. The lowest BCUT2D eigenvalue weighted by Crippen LogP contribution is -2.21. The summed E-state index contributed by atoms with van der Waals surface area (Å²) in [5, 5.41) is 5.15. The van der Waals surface area contributed by atoms with Gasteiger partial charge in [-0.3, -0.25) is 9.36 Å². The van der Waals surface area contributed by atoms with Crippen molar-refractivity contribution >= 4 is 10.9 Å². The molecule has 4 rings (SSSR count). The maximum atomic E-state index is 12.5. The Balaban J connectivity index is 1.68. The molecule has 4 aromatic rings. The van der Waals surface area contributed by atoms with Crippen molar-refractivity contribution in [1.29, 1.82) is 0 Å². The Morgan fingerprint density at radius 3 is 2.57 bits per heavy atom. The van der Waals surface area contributed by atoms with Gasteiger partial charge < -0.3 is 0 Å². The van der Waals surface area contributed by atoms with Crippen LogP contribution in [0.2, 0.25) is 0 Å². The highest BCUT2D eigenvalue weighted by Gasteiger charge is 2.06. The van der Waals surface area contributed by atoms with E-state index in [4.69, 9.17) is 0 Å². The van der Waals surface area contributed by atoms with E-state index in [1.165, 1.54) is 0 Å². The van der Waals surface area contributed by atoms with Gasteiger partial charge in [0.15, 0.2) is 0 Å². The lowest BCUT2D eigenvalue weighted by molar-refractivity contribution is 0.712. The number of rotatable bonds is 3. The van der Waals surface area contributed by atoms with Crippen LogP contribution >= 0.6 is 0 Å². The standard InChI is InChI=1S/C18H14N4O/c23-18-16-8-4-5-9-17(16)19-13-21(18)12-14-10-11-22(20-14)15-6-2-1-3-7-15/h1-11,13H,12H2. The lowest BCUT2D eigenvalue weighted by atomic mass is 10.2. The molecular weight excluding hydrogens is 288 g/mol. The molecule has 0 saturated heterocycles. The summed E-state index contributed by atoms with van der Waals surface area (Å²) in [6.07, 6.45) is 3.47. The molecule has 0 bridgehead atoms. The van der Waals surface area contributed by atoms with Gasteiger partial charge in [-0.05, 0) is 30.3 Å². The highest BCUT2D eigenvalue weighted by atomic mass is 16.1. The quantitative estimate of drug-likeness (QED) is 0.584. The zero-order chi connectivity index (χ0) is 15.6. The second-order valence-electron chi connectivity index (χ2n) is 5.28. The molecule has 0 spiro atoms. The van der Waals surface area contributed by atoms with E-state index in [9.17, 15) is 4.79 Å². The molecule has 5 nitrogen and oxygen atoms in total. The van der Waals surface area contributed by atoms with E-state index in [-0.39, 0.29) is 5.56 Å². The van der Waals surface area contributed by atoms with Gasteiger partial charge in [0.1, 0.15) is 0 Å². The van der Waals surface area contributed by atoms with Crippen LogP contribution in [-0.4, -0.2) is 19.3 Å². The number of nitrogens with zero attached hydrogens (tertiary/aromatic N) is 4. The molecule has 0 saturated carbocycles. The summed E-state index contributed by atoms with van der Waals surface area (Å²) in [5.41, 5.74) is 2.46. The van der Waals surface area contributed by atoms with E-state index in [1.54, 1.807) is 21.6 Å². The molecular formula is C18H14N4O. The molecule has 5 heteroatoms. The highest BCUT2D eigenvalue weighted by molar-refractivity contribution is 5.76. The summed E-state index contributed by atoms with van der Waals surface area (Å²) < 4.78 is 3.38. The third kappa shape index (κ3) is 2.53. The second-order valence-corrected chi connectivity index (χ2v) is 5.28. The van der Waals surface area contributed by atoms with Crippen LogP contribution in [0, 0.1) is 0 Å². The van der Waals surface area contributed by atoms with Gasteiger partial charge in [-0.1, -0.05) is 30.3 Å². The van der Waals surface area contributed by atoms with Crippen molar-refractivity contribution in [2.45, 2.75) is 6.54 Å². The van der Waals surface area contributed by atoms with E-state index < -0.39 is 0 Å². The predicted octanol–water partition coefficient (Wildman–Crippen LogP) is 2.63. The molecule has 2 aromatic carbocycles. The van der Waals surface area contributed by atoms with Gasteiger partial charge in [0.2, 0.25) is 0 Å². The molecule has 0 N–H and O–H groups in total. The average Bonchev–Trinajstić information content (AvgIpc) is 3.07. The van der Waals surface area contributed by atoms with Gasteiger partial charge in [0, 0.05) is 6.20 Å². The second kappa shape index (κ2) is 5.53. The number of hydrogen-bond donors (Lipinski definition) is 0. The summed E-state index contributed by atoms with van der Waals surface area (Å²) in [6.45, 7) is 0.399. The summed E-state index contributed by atoms with van der Waals surface area (Å²) in [5.74, 6) is 0. The minimum Gasteiger partial charge on any atom is -0.293 e. The molecule has 0 amide bonds. The Labute approximate surface area is 132 Å². The molecule has 0 unspecified atom stereocenters. The number of benzene rings is 2. The fourth-order valence-electron chi connectivity index (χ4n) is 2.56. The number of hydrogen-bond acceptors (Lipinski definition) is 3. The Morgan fingerprint density at radius 1 is 0.913 bits per heavy atom. The van der Waals surface area contributed by atoms with Gasteiger partial charge in [-0.15, -0.1) is 0 Å². The normalized spacial score (nSPS) is 11.0. The van der Waals surface area contributed by atoms with Gasteiger partial charge in [-0.25, -0.2) is 9.67 Å². The van der Waals surface area contributed by atoms with Crippen LogP contribution in [0.1, 0.15) is 5.69 Å². The summed E-state index contributed by atoms with van der Waals surface area (Å²) >= 11 is 0. The van der Waals surface area contributed by atoms with E-state index >= 15 is 0 Å². The minimum atomic E-state index is -0.0511. The molecule has 0 fully saturated rings. The lowest BCUT2D eigenvalue weighted by Gasteiger charge is -2.04. The average molecular weight is 302 g/mol. The molecule has 2 heterocycles. The third-order valence-electron chi connectivity index (χ3n) is 3.73. The van der Waals surface area contributed by atoms with Crippen molar-refractivity contribution in [3.8, 4) is 5.69 Å². The van der Waals surface area contributed by atoms with E-state index in [0.29, 0.717) is 17.4 Å². The maximum absolute atomic E-state index is 12.5. The Hall–Kier alpha value is -3.21. The van der Waals surface area contributed by atoms with Gasteiger partial charge >= 0.3 is 0 Å². The molecule has 0 aliphatic heterocycles. The van der Waals surface area contributed by atoms with Gasteiger partial charge in [0.25, 0.3) is 5.56 Å². The van der Waals surface area contributed by atoms with Crippen molar-refractivity contribution in [2.24, 2.45) is 0 Å². The van der Waals surface area contributed by atoms with Crippen LogP contribution in [0.4, 0.5) is 0 Å². The SMILES string of the molecule is O=c1c2ccccc2ncn1Cc1ccn(-c2ccccc2)n1. The van der Waals surface area contributed by atoms with Crippen molar-refractivity contribution in [1.82, 2.24) is 19.3 Å². The molecule has 0 aliphatic carbocycles. The van der Waals surface area contributed by atoms with Crippen molar-refractivity contribution in [3.63, 3.8) is 0 Å². The van der Waals surface area contributed by atoms with E-state index in [1.807, 2.05) is 60.8 Å². The van der Waals surface area contributed by atoms with E-state index in [0.717, 1.165) is 11.4 Å². The maximum Gasteiger partial charge on any atom is 0.261 e. The van der Waals surface area contributed by atoms with Crippen LogP contribution in [0.3, 0.4) is 0 Å². The topological polar surface area (TPSA) is 52.7 Å². The minimum absolute atomic E-state index is 0.0511. The number of fused-ring (bicyclic) bond motifs is 1. The van der Waals surface area contributed by atoms with Crippen molar-refractivity contribution < 1.29 is 0 Å². The summed E-state index contributed by atoms with van der Waals surface area (Å²) in [6, 6.07) is 19.1. The number of aromatic nitrogens is 4. The first kappa shape index (κ1) is 13.5.